The summed E-state index contributed by atoms with van der Waals surface area (Å²) in [5.41, 5.74) is 3.30. The maximum absolute atomic E-state index is 9.87. The van der Waals surface area contributed by atoms with Gasteiger partial charge in [0.05, 0.1) is 17.0 Å². The highest BCUT2D eigenvalue weighted by Gasteiger charge is 2.15. The molecule has 2 heterocycles. The second kappa shape index (κ2) is 6.95. The van der Waals surface area contributed by atoms with Gasteiger partial charge in [0.1, 0.15) is 0 Å². The van der Waals surface area contributed by atoms with Gasteiger partial charge in [-0.25, -0.2) is 4.68 Å². The van der Waals surface area contributed by atoms with Crippen LogP contribution < -0.4 is 5.32 Å². The van der Waals surface area contributed by atoms with Crippen molar-refractivity contribution in [1.29, 1.82) is 0 Å². The summed E-state index contributed by atoms with van der Waals surface area (Å²) in [6, 6.07) is 13.9. The lowest BCUT2D eigenvalue weighted by Gasteiger charge is -2.17. The van der Waals surface area contributed by atoms with E-state index in [0.29, 0.717) is 13.1 Å². The van der Waals surface area contributed by atoms with Gasteiger partial charge in [0.15, 0.2) is 0 Å². The van der Waals surface area contributed by atoms with E-state index >= 15 is 0 Å². The second-order valence-corrected chi connectivity index (χ2v) is 6.43. The predicted molar refractivity (Wildman–Crippen MR) is 94.8 cm³/mol. The Balaban J connectivity index is 1.92. The van der Waals surface area contributed by atoms with Crippen LogP contribution in [0.4, 0.5) is 0 Å². The summed E-state index contributed by atoms with van der Waals surface area (Å²) in [5, 5.41) is 17.9. The fraction of sp³-hybridized carbons (Fsp3) is 0.263. The topological polar surface area (TPSA) is 63.0 Å². The fourth-order valence-electron chi connectivity index (χ4n) is 2.51. The van der Waals surface area contributed by atoms with Gasteiger partial charge in [0.2, 0.25) is 0 Å². The van der Waals surface area contributed by atoms with Gasteiger partial charge in [-0.1, -0.05) is 18.2 Å². The van der Waals surface area contributed by atoms with Gasteiger partial charge in [0.25, 0.3) is 0 Å². The van der Waals surface area contributed by atoms with Gasteiger partial charge in [-0.05, 0) is 38.1 Å². The molecule has 0 aliphatic rings. The minimum absolute atomic E-state index is 0.513. The molecule has 0 radical (unpaired) electrons. The Hall–Kier alpha value is -2.50. The van der Waals surface area contributed by atoms with Crippen LogP contribution >= 0.6 is 0 Å². The lowest BCUT2D eigenvalue weighted by atomic mass is 10.1. The summed E-state index contributed by atoms with van der Waals surface area (Å²) in [5.74, 6) is 0. The molecule has 0 spiro atoms. The van der Waals surface area contributed by atoms with Gasteiger partial charge >= 0.3 is 0 Å². The number of hydrogen-bond donors (Lipinski definition) is 2. The Bertz CT molecular complexity index is 776. The number of para-hydroxylation sites is 1. The van der Waals surface area contributed by atoms with E-state index in [2.05, 4.69) is 10.3 Å². The molecule has 2 aromatic heterocycles. The van der Waals surface area contributed by atoms with Crippen LogP contribution in [0.5, 0.6) is 0 Å². The van der Waals surface area contributed by atoms with E-state index in [0.717, 1.165) is 22.5 Å². The van der Waals surface area contributed by atoms with Crippen LogP contribution in [0.15, 0.2) is 61.1 Å². The third-order valence-corrected chi connectivity index (χ3v) is 3.64. The Morgan fingerprint density at radius 1 is 1.08 bits per heavy atom. The van der Waals surface area contributed by atoms with E-state index < -0.39 is 5.60 Å². The minimum Gasteiger partial charge on any atom is -0.389 e. The Kier molecular flexibility index (Phi) is 4.74. The summed E-state index contributed by atoms with van der Waals surface area (Å²) in [4.78, 5) is 4.08. The molecular weight excluding hydrogens is 300 g/mol. The minimum atomic E-state index is -0.744. The van der Waals surface area contributed by atoms with Crippen molar-refractivity contribution in [3.8, 4) is 16.9 Å². The number of rotatable bonds is 6. The lowest BCUT2D eigenvalue weighted by molar-refractivity contribution is 0.0795. The molecule has 3 rings (SSSR count). The van der Waals surface area contributed by atoms with Crippen molar-refractivity contribution in [3.63, 3.8) is 0 Å². The number of benzene rings is 1. The summed E-state index contributed by atoms with van der Waals surface area (Å²) < 4.78 is 1.89. The summed E-state index contributed by atoms with van der Waals surface area (Å²) >= 11 is 0. The van der Waals surface area contributed by atoms with E-state index in [-0.39, 0.29) is 0 Å². The van der Waals surface area contributed by atoms with Crippen LogP contribution in [0.1, 0.15) is 19.4 Å². The standard InChI is InChI=1S/C19H22N4O/c1-19(2,24)14-21-12-16-13-23(17-6-4-3-5-7-17)22-18(16)15-8-10-20-11-9-15/h3-11,13,21,24H,12,14H2,1-2H3. The lowest BCUT2D eigenvalue weighted by Crippen LogP contribution is -2.34. The summed E-state index contributed by atoms with van der Waals surface area (Å²) in [6.07, 6.45) is 5.57. The Morgan fingerprint density at radius 2 is 1.79 bits per heavy atom. The summed E-state index contributed by atoms with van der Waals surface area (Å²) in [7, 11) is 0. The highest BCUT2D eigenvalue weighted by molar-refractivity contribution is 5.62. The number of nitrogens with zero attached hydrogens (tertiary/aromatic N) is 3. The molecule has 0 fully saturated rings. The summed E-state index contributed by atoms with van der Waals surface area (Å²) in [6.45, 7) is 4.72. The number of nitrogens with one attached hydrogen (secondary N) is 1. The zero-order chi connectivity index (χ0) is 17.0. The van der Waals surface area contributed by atoms with E-state index in [1.165, 1.54) is 0 Å². The van der Waals surface area contributed by atoms with Crippen molar-refractivity contribution < 1.29 is 5.11 Å². The molecular formula is C19H22N4O. The van der Waals surface area contributed by atoms with Gasteiger partial charge in [-0.3, -0.25) is 4.98 Å². The molecule has 0 saturated carbocycles. The van der Waals surface area contributed by atoms with Crippen LogP contribution in [0.3, 0.4) is 0 Å². The molecule has 0 aliphatic carbocycles. The molecule has 0 saturated heterocycles. The largest absolute Gasteiger partial charge is 0.389 e. The number of aromatic nitrogens is 3. The Morgan fingerprint density at radius 3 is 2.46 bits per heavy atom. The van der Waals surface area contributed by atoms with E-state index in [9.17, 15) is 5.11 Å². The molecule has 124 valence electrons. The first-order valence-electron chi connectivity index (χ1n) is 8.00. The van der Waals surface area contributed by atoms with Crippen molar-refractivity contribution in [2.45, 2.75) is 26.0 Å². The normalized spacial score (nSPS) is 11.6. The molecule has 1 aromatic carbocycles. The average Bonchev–Trinajstić information content (AvgIpc) is 2.99. The fourth-order valence-corrected chi connectivity index (χ4v) is 2.51. The van der Waals surface area contributed by atoms with Gasteiger partial charge < -0.3 is 10.4 Å². The van der Waals surface area contributed by atoms with Crippen LogP contribution in [0.25, 0.3) is 16.9 Å². The third-order valence-electron chi connectivity index (χ3n) is 3.64. The van der Waals surface area contributed by atoms with Crippen LogP contribution in [0, 0.1) is 0 Å². The van der Waals surface area contributed by atoms with E-state index in [1.807, 2.05) is 53.3 Å². The molecule has 0 atom stereocenters. The van der Waals surface area contributed by atoms with Crippen molar-refractivity contribution in [2.24, 2.45) is 0 Å². The zero-order valence-corrected chi connectivity index (χ0v) is 14.0. The highest BCUT2D eigenvalue weighted by Crippen LogP contribution is 2.23. The SMILES string of the molecule is CC(C)(O)CNCc1cn(-c2ccccc2)nc1-c1ccncc1. The average molecular weight is 322 g/mol. The molecule has 24 heavy (non-hydrogen) atoms. The molecule has 5 heteroatoms. The first-order chi connectivity index (χ1) is 11.5. The number of hydrogen-bond acceptors (Lipinski definition) is 4. The van der Waals surface area contributed by atoms with Crippen LogP contribution in [0.2, 0.25) is 0 Å². The molecule has 5 nitrogen and oxygen atoms in total. The van der Waals surface area contributed by atoms with Gasteiger partial charge in [-0.2, -0.15) is 5.10 Å². The van der Waals surface area contributed by atoms with Crippen molar-refractivity contribution in [2.75, 3.05) is 6.54 Å². The molecule has 0 aliphatic heterocycles. The number of pyridine rings is 1. The predicted octanol–water partition coefficient (Wildman–Crippen LogP) is 2.79. The monoisotopic (exact) mass is 322 g/mol. The van der Waals surface area contributed by atoms with E-state index in [1.54, 1.807) is 26.2 Å². The van der Waals surface area contributed by atoms with Crippen molar-refractivity contribution in [3.05, 3.63) is 66.6 Å². The van der Waals surface area contributed by atoms with Gasteiger partial charge in [0, 0.05) is 42.8 Å². The van der Waals surface area contributed by atoms with E-state index in [4.69, 9.17) is 5.10 Å². The quantitative estimate of drug-likeness (QED) is 0.732. The molecule has 0 amide bonds. The molecule has 2 N–H and O–H groups in total. The van der Waals surface area contributed by atoms with Crippen molar-refractivity contribution >= 4 is 0 Å². The van der Waals surface area contributed by atoms with Crippen LogP contribution in [-0.2, 0) is 6.54 Å². The van der Waals surface area contributed by atoms with Crippen LogP contribution in [-0.4, -0.2) is 32.0 Å². The highest BCUT2D eigenvalue weighted by atomic mass is 16.3. The third kappa shape index (κ3) is 4.07. The number of aliphatic hydroxyl groups is 1. The second-order valence-electron chi connectivity index (χ2n) is 6.43. The molecule has 3 aromatic rings. The van der Waals surface area contributed by atoms with Gasteiger partial charge in [-0.15, -0.1) is 0 Å². The zero-order valence-electron chi connectivity index (χ0n) is 14.0. The first kappa shape index (κ1) is 16.4. The molecule has 0 bridgehead atoms. The smallest absolute Gasteiger partial charge is 0.0973 e. The molecule has 0 unspecified atom stereocenters. The Labute approximate surface area is 142 Å². The maximum atomic E-state index is 9.87. The van der Waals surface area contributed by atoms with Crippen molar-refractivity contribution in [1.82, 2.24) is 20.1 Å². The first-order valence-corrected chi connectivity index (χ1v) is 8.00. The maximum Gasteiger partial charge on any atom is 0.0973 e.